The third-order valence-electron chi connectivity index (χ3n) is 1.19. The third kappa shape index (κ3) is 1.73. The van der Waals surface area contributed by atoms with Gasteiger partial charge in [0, 0.05) is 18.3 Å². The highest BCUT2D eigenvalue weighted by Crippen LogP contribution is 2.01. The molecule has 0 saturated carbocycles. The van der Waals surface area contributed by atoms with E-state index >= 15 is 0 Å². The molecule has 4 heteroatoms. The van der Waals surface area contributed by atoms with Crippen molar-refractivity contribution in [1.82, 2.24) is 10.9 Å². The predicted molar refractivity (Wildman–Crippen MR) is 44.8 cm³/mol. The summed E-state index contributed by atoms with van der Waals surface area (Å²) in [5, 5.41) is 0. The Kier molecular flexibility index (Phi) is 2.28. The van der Waals surface area contributed by atoms with E-state index in [4.69, 9.17) is 18.0 Å². The van der Waals surface area contributed by atoms with Crippen LogP contribution in [0.1, 0.15) is 0 Å². The molecule has 1 rings (SSSR count). The number of hydrogen-bond acceptors (Lipinski definition) is 3. The van der Waals surface area contributed by atoms with Crippen LogP contribution in [0.4, 0.5) is 0 Å². The van der Waals surface area contributed by atoms with Crippen molar-refractivity contribution in [3.8, 4) is 0 Å². The van der Waals surface area contributed by atoms with Gasteiger partial charge in [-0.25, -0.2) is 0 Å². The molecule has 0 spiro atoms. The fourth-order valence-electron chi connectivity index (χ4n) is 0.654. The topological polar surface area (TPSA) is 50.1 Å². The first-order valence-corrected chi connectivity index (χ1v) is 3.35. The van der Waals surface area contributed by atoms with Gasteiger partial charge in [0.2, 0.25) is 0 Å². The molecule has 0 bridgehead atoms. The molecule has 0 aromatic heterocycles. The molecule has 0 unspecified atom stereocenters. The van der Waals surface area contributed by atoms with Gasteiger partial charge in [0.1, 0.15) is 0 Å². The van der Waals surface area contributed by atoms with Crippen LogP contribution in [-0.2, 0) is 0 Å². The summed E-state index contributed by atoms with van der Waals surface area (Å²) < 4.78 is 0. The maximum atomic E-state index is 5.41. The van der Waals surface area contributed by atoms with Crippen molar-refractivity contribution >= 4 is 17.2 Å². The molecule has 10 heavy (non-hydrogen) atoms. The van der Waals surface area contributed by atoms with Crippen molar-refractivity contribution in [2.24, 2.45) is 11.7 Å². The van der Waals surface area contributed by atoms with Gasteiger partial charge in [0.25, 0.3) is 0 Å². The van der Waals surface area contributed by atoms with Crippen LogP contribution in [0.25, 0.3) is 0 Å². The summed E-state index contributed by atoms with van der Waals surface area (Å²) in [6, 6.07) is 0. The smallest absolute Gasteiger partial charge is 0.0836 e. The SMILES string of the molecule is NC(=S)C1C=CNNC=C1. The molecule has 0 atom stereocenters. The molecule has 0 radical (unpaired) electrons. The lowest BCUT2D eigenvalue weighted by Gasteiger charge is -2.00. The quantitative estimate of drug-likeness (QED) is 0.467. The molecule has 1 aliphatic rings. The average molecular weight is 155 g/mol. The fourth-order valence-corrected chi connectivity index (χ4v) is 0.811. The molecule has 1 aliphatic heterocycles. The van der Waals surface area contributed by atoms with E-state index in [1.54, 1.807) is 12.4 Å². The van der Waals surface area contributed by atoms with Crippen molar-refractivity contribution in [1.29, 1.82) is 0 Å². The highest BCUT2D eigenvalue weighted by Gasteiger charge is 2.03. The molecule has 0 aliphatic carbocycles. The number of nitrogens with one attached hydrogen (secondary N) is 2. The lowest BCUT2D eigenvalue weighted by molar-refractivity contribution is 0.781. The van der Waals surface area contributed by atoms with E-state index in [-0.39, 0.29) is 5.92 Å². The molecular formula is C6H9N3S. The van der Waals surface area contributed by atoms with Gasteiger partial charge in [-0.1, -0.05) is 24.4 Å². The van der Waals surface area contributed by atoms with Crippen molar-refractivity contribution < 1.29 is 0 Å². The van der Waals surface area contributed by atoms with E-state index in [2.05, 4.69) is 10.9 Å². The normalized spacial score (nSPS) is 17.2. The molecule has 3 nitrogen and oxygen atoms in total. The van der Waals surface area contributed by atoms with E-state index in [0.717, 1.165) is 0 Å². The van der Waals surface area contributed by atoms with Gasteiger partial charge in [-0.3, -0.25) is 0 Å². The Morgan fingerprint density at radius 1 is 1.30 bits per heavy atom. The molecular weight excluding hydrogens is 146 g/mol. The number of rotatable bonds is 1. The van der Waals surface area contributed by atoms with E-state index in [9.17, 15) is 0 Å². The minimum atomic E-state index is 0.0671. The Morgan fingerprint density at radius 3 is 2.20 bits per heavy atom. The van der Waals surface area contributed by atoms with Crippen LogP contribution >= 0.6 is 12.2 Å². The Balaban J connectivity index is 2.64. The first kappa shape index (κ1) is 7.08. The second-order valence-corrected chi connectivity index (χ2v) is 2.41. The summed E-state index contributed by atoms with van der Waals surface area (Å²) in [5.74, 6) is 0.0671. The Hall–Kier alpha value is -1.03. The maximum absolute atomic E-state index is 5.41. The lowest BCUT2D eigenvalue weighted by Crippen LogP contribution is -2.18. The summed E-state index contributed by atoms with van der Waals surface area (Å²) in [7, 11) is 0. The Bertz CT molecular complexity index is 171. The number of nitrogens with two attached hydrogens (primary N) is 1. The summed E-state index contributed by atoms with van der Waals surface area (Å²) in [5.41, 5.74) is 11.0. The van der Waals surface area contributed by atoms with Gasteiger partial charge in [0.05, 0.1) is 4.99 Å². The van der Waals surface area contributed by atoms with Crippen LogP contribution in [0.5, 0.6) is 0 Å². The molecule has 1 heterocycles. The fraction of sp³-hybridized carbons (Fsp3) is 0.167. The summed E-state index contributed by atoms with van der Waals surface area (Å²) in [6.45, 7) is 0. The van der Waals surface area contributed by atoms with Gasteiger partial charge in [-0.15, -0.1) is 0 Å². The monoisotopic (exact) mass is 155 g/mol. The average Bonchev–Trinajstić information content (AvgIpc) is 2.12. The standard InChI is InChI=1S/C6H9N3S/c7-6(10)5-1-3-8-9-4-2-5/h1-5,8-9H,(H2,7,10). The Labute approximate surface area is 64.9 Å². The van der Waals surface area contributed by atoms with E-state index in [1.165, 1.54) is 0 Å². The highest BCUT2D eigenvalue weighted by molar-refractivity contribution is 7.80. The zero-order chi connectivity index (χ0) is 7.40. The zero-order valence-corrected chi connectivity index (χ0v) is 6.19. The van der Waals surface area contributed by atoms with Crippen LogP contribution in [0.3, 0.4) is 0 Å². The van der Waals surface area contributed by atoms with Crippen molar-refractivity contribution in [3.63, 3.8) is 0 Å². The zero-order valence-electron chi connectivity index (χ0n) is 5.37. The summed E-state index contributed by atoms with van der Waals surface area (Å²) >= 11 is 4.80. The van der Waals surface area contributed by atoms with Gasteiger partial charge in [-0.2, -0.15) is 0 Å². The highest BCUT2D eigenvalue weighted by atomic mass is 32.1. The third-order valence-corrected chi connectivity index (χ3v) is 1.46. The van der Waals surface area contributed by atoms with E-state index < -0.39 is 0 Å². The summed E-state index contributed by atoms with van der Waals surface area (Å²) in [4.78, 5) is 0.484. The van der Waals surface area contributed by atoms with Crippen molar-refractivity contribution in [3.05, 3.63) is 24.6 Å². The minimum Gasteiger partial charge on any atom is -0.393 e. The molecule has 0 amide bonds. The largest absolute Gasteiger partial charge is 0.393 e. The molecule has 0 aromatic carbocycles. The summed E-state index contributed by atoms with van der Waals surface area (Å²) in [6.07, 6.45) is 7.31. The molecule has 54 valence electrons. The van der Waals surface area contributed by atoms with E-state index in [0.29, 0.717) is 4.99 Å². The molecule has 0 saturated heterocycles. The minimum absolute atomic E-state index is 0.0671. The molecule has 4 N–H and O–H groups in total. The Morgan fingerprint density at radius 2 is 1.80 bits per heavy atom. The van der Waals surface area contributed by atoms with Crippen LogP contribution in [0.15, 0.2) is 24.6 Å². The van der Waals surface area contributed by atoms with Gasteiger partial charge < -0.3 is 16.6 Å². The van der Waals surface area contributed by atoms with Crippen LogP contribution in [0, 0.1) is 5.92 Å². The van der Waals surface area contributed by atoms with E-state index in [1.807, 2.05) is 12.2 Å². The second-order valence-electron chi connectivity index (χ2n) is 1.94. The van der Waals surface area contributed by atoms with Gasteiger partial charge in [-0.05, 0) is 0 Å². The first-order valence-electron chi connectivity index (χ1n) is 2.94. The first-order chi connectivity index (χ1) is 4.80. The number of hydrogen-bond donors (Lipinski definition) is 3. The number of hydrazine groups is 1. The maximum Gasteiger partial charge on any atom is 0.0836 e. The second kappa shape index (κ2) is 3.22. The number of thiocarbonyl (C=S) groups is 1. The van der Waals surface area contributed by atoms with Crippen LogP contribution in [0.2, 0.25) is 0 Å². The van der Waals surface area contributed by atoms with Crippen molar-refractivity contribution in [2.75, 3.05) is 0 Å². The van der Waals surface area contributed by atoms with Crippen molar-refractivity contribution in [2.45, 2.75) is 0 Å². The molecule has 0 fully saturated rings. The molecule has 0 aromatic rings. The lowest BCUT2D eigenvalue weighted by atomic mass is 10.1. The van der Waals surface area contributed by atoms with Crippen LogP contribution < -0.4 is 16.6 Å². The predicted octanol–water partition coefficient (Wildman–Crippen LogP) is 0.0239. The van der Waals surface area contributed by atoms with Gasteiger partial charge >= 0.3 is 0 Å². The van der Waals surface area contributed by atoms with Crippen LogP contribution in [-0.4, -0.2) is 4.99 Å². The van der Waals surface area contributed by atoms with Gasteiger partial charge in [0.15, 0.2) is 0 Å².